The van der Waals surface area contributed by atoms with Gasteiger partial charge in [-0.3, -0.25) is 0 Å². The van der Waals surface area contributed by atoms with Crippen molar-refractivity contribution in [3.8, 4) is 16.9 Å². The van der Waals surface area contributed by atoms with Gasteiger partial charge in [-0.2, -0.15) is 13.2 Å². The van der Waals surface area contributed by atoms with Crippen molar-refractivity contribution in [1.82, 2.24) is 0 Å². The number of fused-ring (bicyclic) bond motifs is 1. The van der Waals surface area contributed by atoms with Crippen LogP contribution < -0.4 is 10.5 Å². The summed E-state index contributed by atoms with van der Waals surface area (Å²) < 4.78 is 50.2. The van der Waals surface area contributed by atoms with Crippen molar-refractivity contribution in [1.29, 1.82) is 0 Å². The topological polar surface area (TPSA) is 61.6 Å². The summed E-state index contributed by atoms with van der Waals surface area (Å²) in [7, 11) is 0. The van der Waals surface area contributed by atoms with Crippen molar-refractivity contribution in [2.24, 2.45) is 11.1 Å². The number of benzene rings is 2. The first kappa shape index (κ1) is 19.4. The number of nitrogens with two attached hydrogens (primary N) is 1. The molecule has 0 saturated carbocycles. The SMILES string of the molecule is CC1(C)COc2cc(-c3cc(Cl)cc(C(F)(F)F)c3)ccc2C1OC(N)=O. The summed E-state index contributed by atoms with van der Waals surface area (Å²) in [4.78, 5) is 11.3. The van der Waals surface area contributed by atoms with Crippen molar-refractivity contribution < 1.29 is 27.4 Å². The predicted molar refractivity (Wildman–Crippen MR) is 94.6 cm³/mol. The number of ether oxygens (including phenoxy) is 2. The largest absolute Gasteiger partial charge is 0.492 e. The molecule has 2 aromatic carbocycles. The Bertz CT molecular complexity index is 896. The summed E-state index contributed by atoms with van der Waals surface area (Å²) in [6, 6.07) is 8.24. The molecule has 0 radical (unpaired) electrons. The van der Waals surface area contributed by atoms with E-state index in [1.165, 1.54) is 6.07 Å². The summed E-state index contributed by atoms with van der Waals surface area (Å²) >= 11 is 5.86. The third kappa shape index (κ3) is 3.98. The van der Waals surface area contributed by atoms with Crippen LogP contribution in [0.2, 0.25) is 5.02 Å². The Labute approximate surface area is 159 Å². The fourth-order valence-corrected chi connectivity index (χ4v) is 3.31. The molecular weight excluding hydrogens is 383 g/mol. The molecule has 1 aliphatic rings. The van der Waals surface area contributed by atoms with Crippen molar-refractivity contribution in [2.75, 3.05) is 6.61 Å². The highest BCUT2D eigenvalue weighted by Gasteiger charge is 2.40. The minimum atomic E-state index is -4.51. The van der Waals surface area contributed by atoms with E-state index in [0.29, 0.717) is 22.4 Å². The van der Waals surface area contributed by atoms with Crippen LogP contribution in [0.1, 0.15) is 31.1 Å². The monoisotopic (exact) mass is 399 g/mol. The number of amides is 1. The summed E-state index contributed by atoms with van der Waals surface area (Å²) in [5.41, 5.74) is 5.24. The molecule has 0 fully saturated rings. The maximum Gasteiger partial charge on any atom is 0.416 e. The zero-order valence-corrected chi connectivity index (χ0v) is 15.3. The molecule has 144 valence electrons. The van der Waals surface area contributed by atoms with E-state index in [1.807, 2.05) is 13.8 Å². The molecule has 0 aliphatic carbocycles. The van der Waals surface area contributed by atoms with Crippen LogP contribution in [0, 0.1) is 5.41 Å². The lowest BCUT2D eigenvalue weighted by atomic mass is 9.80. The van der Waals surface area contributed by atoms with Crippen LogP contribution in [0.4, 0.5) is 18.0 Å². The molecule has 4 nitrogen and oxygen atoms in total. The van der Waals surface area contributed by atoms with Gasteiger partial charge in [-0.15, -0.1) is 0 Å². The van der Waals surface area contributed by atoms with Gasteiger partial charge in [-0.25, -0.2) is 4.79 Å². The van der Waals surface area contributed by atoms with E-state index in [-0.39, 0.29) is 11.6 Å². The van der Waals surface area contributed by atoms with Gasteiger partial charge in [-0.05, 0) is 35.4 Å². The molecule has 0 saturated heterocycles. The van der Waals surface area contributed by atoms with Gasteiger partial charge >= 0.3 is 12.3 Å². The van der Waals surface area contributed by atoms with E-state index in [9.17, 15) is 18.0 Å². The molecular formula is C19H17ClF3NO3. The van der Waals surface area contributed by atoms with Gasteiger partial charge in [0.05, 0.1) is 12.2 Å². The number of carbonyl (C=O) groups is 1. The molecule has 3 rings (SSSR count). The molecule has 27 heavy (non-hydrogen) atoms. The van der Waals surface area contributed by atoms with E-state index in [0.717, 1.165) is 12.1 Å². The van der Waals surface area contributed by atoms with Gasteiger partial charge in [0.25, 0.3) is 0 Å². The minimum absolute atomic E-state index is 0.0189. The Morgan fingerprint density at radius 3 is 2.56 bits per heavy atom. The van der Waals surface area contributed by atoms with Crippen molar-refractivity contribution in [2.45, 2.75) is 26.1 Å². The fraction of sp³-hybridized carbons (Fsp3) is 0.316. The summed E-state index contributed by atoms with van der Waals surface area (Å²) in [6.45, 7) is 3.98. The average molecular weight is 400 g/mol. The van der Waals surface area contributed by atoms with Gasteiger partial charge in [0.2, 0.25) is 0 Å². The minimum Gasteiger partial charge on any atom is -0.492 e. The normalized spacial score (nSPS) is 18.4. The Hall–Kier alpha value is -2.41. The molecule has 2 aromatic rings. The Kier molecular flexibility index (Phi) is 4.76. The van der Waals surface area contributed by atoms with Gasteiger partial charge in [0.15, 0.2) is 0 Å². The first-order chi connectivity index (χ1) is 12.5. The smallest absolute Gasteiger partial charge is 0.416 e. The second-order valence-electron chi connectivity index (χ2n) is 7.07. The molecule has 0 bridgehead atoms. The molecule has 8 heteroatoms. The zero-order valence-electron chi connectivity index (χ0n) is 14.6. The van der Waals surface area contributed by atoms with E-state index in [1.54, 1.807) is 18.2 Å². The van der Waals surface area contributed by atoms with E-state index in [4.69, 9.17) is 26.8 Å². The lowest BCUT2D eigenvalue weighted by Gasteiger charge is -2.38. The number of halogens is 4. The maximum atomic E-state index is 13.1. The number of hydrogen-bond donors (Lipinski definition) is 1. The number of hydrogen-bond acceptors (Lipinski definition) is 3. The van der Waals surface area contributed by atoms with Gasteiger partial charge < -0.3 is 15.2 Å². The van der Waals surface area contributed by atoms with Crippen LogP contribution in [0.5, 0.6) is 5.75 Å². The third-order valence-corrected chi connectivity index (χ3v) is 4.62. The Balaban J connectivity index is 2.05. The van der Waals surface area contributed by atoms with Crippen LogP contribution >= 0.6 is 11.6 Å². The molecule has 0 aromatic heterocycles. The average Bonchev–Trinajstić information content (AvgIpc) is 2.55. The summed E-state index contributed by atoms with van der Waals surface area (Å²) in [6.07, 6.45) is -6.04. The van der Waals surface area contributed by atoms with E-state index < -0.39 is 29.4 Å². The van der Waals surface area contributed by atoms with Gasteiger partial charge in [-0.1, -0.05) is 37.6 Å². The van der Waals surface area contributed by atoms with Crippen molar-refractivity contribution in [3.05, 3.63) is 52.5 Å². The summed E-state index contributed by atoms with van der Waals surface area (Å²) in [5, 5.41) is -0.0189. The predicted octanol–water partition coefficient (Wildman–Crippen LogP) is 5.58. The number of primary amides is 1. The highest BCUT2D eigenvalue weighted by atomic mass is 35.5. The summed E-state index contributed by atoms with van der Waals surface area (Å²) in [5.74, 6) is 0.423. The molecule has 1 amide bonds. The lowest BCUT2D eigenvalue weighted by molar-refractivity contribution is -0.137. The molecule has 2 N–H and O–H groups in total. The highest BCUT2D eigenvalue weighted by Crippen LogP contribution is 2.46. The van der Waals surface area contributed by atoms with Gasteiger partial charge in [0.1, 0.15) is 11.9 Å². The second-order valence-corrected chi connectivity index (χ2v) is 7.51. The first-order valence-electron chi connectivity index (χ1n) is 8.08. The van der Waals surface area contributed by atoms with Gasteiger partial charge in [0, 0.05) is 16.0 Å². The first-order valence-corrected chi connectivity index (χ1v) is 8.46. The third-order valence-electron chi connectivity index (χ3n) is 4.40. The molecule has 1 heterocycles. The number of alkyl halides is 3. The number of carbonyl (C=O) groups excluding carboxylic acids is 1. The van der Waals surface area contributed by atoms with E-state index in [2.05, 4.69) is 0 Å². The van der Waals surface area contributed by atoms with Crippen LogP contribution in [0.3, 0.4) is 0 Å². The van der Waals surface area contributed by atoms with E-state index >= 15 is 0 Å². The molecule has 1 unspecified atom stereocenters. The molecule has 0 spiro atoms. The Morgan fingerprint density at radius 1 is 1.22 bits per heavy atom. The second kappa shape index (κ2) is 6.64. The standard InChI is InChI=1S/C19H17ClF3NO3/c1-18(2)9-26-15-7-10(3-4-14(15)16(18)27-17(24)25)11-5-12(19(21,22)23)8-13(20)6-11/h3-8,16H,9H2,1-2H3,(H2,24,25). The molecule has 1 atom stereocenters. The van der Waals surface area contributed by atoms with Crippen molar-refractivity contribution >= 4 is 17.7 Å². The van der Waals surface area contributed by atoms with Crippen LogP contribution in [0.15, 0.2) is 36.4 Å². The lowest BCUT2D eigenvalue weighted by Crippen LogP contribution is -2.37. The Morgan fingerprint density at radius 2 is 1.93 bits per heavy atom. The number of rotatable bonds is 2. The van der Waals surface area contributed by atoms with Crippen LogP contribution in [-0.2, 0) is 10.9 Å². The fourth-order valence-electron chi connectivity index (χ4n) is 3.08. The maximum absolute atomic E-state index is 13.1. The van der Waals surface area contributed by atoms with Crippen LogP contribution in [-0.4, -0.2) is 12.7 Å². The zero-order chi connectivity index (χ0) is 20.0. The highest BCUT2D eigenvalue weighted by molar-refractivity contribution is 6.31. The molecule has 1 aliphatic heterocycles. The van der Waals surface area contributed by atoms with Crippen molar-refractivity contribution in [3.63, 3.8) is 0 Å². The van der Waals surface area contributed by atoms with Crippen LogP contribution in [0.25, 0.3) is 11.1 Å². The quantitative estimate of drug-likeness (QED) is 0.717.